The number of hydrogen-bond donors (Lipinski definition) is 2. The Morgan fingerprint density at radius 3 is 2.33 bits per heavy atom. The third kappa shape index (κ3) is 4.10. The molecule has 0 aliphatic carbocycles. The molecule has 0 spiro atoms. The van der Waals surface area contributed by atoms with Crippen LogP contribution in [0, 0.1) is 0 Å². The largest absolute Gasteiger partial charge is 0.478 e. The van der Waals surface area contributed by atoms with Crippen molar-refractivity contribution in [3.8, 4) is 0 Å². The van der Waals surface area contributed by atoms with Gasteiger partial charge in [-0.3, -0.25) is 0 Å². The van der Waals surface area contributed by atoms with Crippen molar-refractivity contribution in [1.82, 2.24) is 0 Å². The summed E-state index contributed by atoms with van der Waals surface area (Å²) in [5, 5.41) is 17.2. The van der Waals surface area contributed by atoms with Crippen molar-refractivity contribution in [1.29, 1.82) is 0 Å². The molecule has 0 amide bonds. The Labute approximate surface area is 72.3 Å². The third-order valence-electron chi connectivity index (χ3n) is 1.63. The highest BCUT2D eigenvalue weighted by atomic mass is 16.4. The molecule has 0 aromatic rings. The van der Waals surface area contributed by atoms with Gasteiger partial charge in [-0.25, -0.2) is 4.79 Å². The van der Waals surface area contributed by atoms with E-state index in [4.69, 9.17) is 10.2 Å². The van der Waals surface area contributed by atoms with Crippen LogP contribution in [0.2, 0.25) is 0 Å². The van der Waals surface area contributed by atoms with Crippen LogP contribution in [0.15, 0.2) is 12.2 Å². The van der Waals surface area contributed by atoms with Crippen molar-refractivity contribution in [2.45, 2.75) is 0 Å². The summed E-state index contributed by atoms with van der Waals surface area (Å²) >= 11 is 0. The molecule has 70 valence electrons. The lowest BCUT2D eigenvalue weighted by Crippen LogP contribution is -2.44. The molecule has 0 aromatic carbocycles. The Hall–Kier alpha value is -0.870. The van der Waals surface area contributed by atoms with E-state index in [9.17, 15) is 4.79 Å². The van der Waals surface area contributed by atoms with E-state index in [1.54, 1.807) is 0 Å². The van der Waals surface area contributed by atoms with Gasteiger partial charge in [-0.05, 0) is 0 Å². The van der Waals surface area contributed by atoms with Gasteiger partial charge in [0.25, 0.3) is 0 Å². The van der Waals surface area contributed by atoms with Gasteiger partial charge in [0.05, 0.1) is 26.3 Å². The quantitative estimate of drug-likeness (QED) is 0.444. The molecule has 12 heavy (non-hydrogen) atoms. The summed E-state index contributed by atoms with van der Waals surface area (Å²) < 4.78 is 0.446. The summed E-state index contributed by atoms with van der Waals surface area (Å²) in [4.78, 5) is 10.4. The number of aliphatic carboxylic acids is 1. The lowest BCUT2D eigenvalue weighted by Gasteiger charge is -2.28. The van der Waals surface area contributed by atoms with Crippen molar-refractivity contribution in [2.24, 2.45) is 0 Å². The molecule has 0 heterocycles. The van der Waals surface area contributed by atoms with Crippen LogP contribution in [0.3, 0.4) is 0 Å². The first-order valence-corrected chi connectivity index (χ1v) is 3.73. The molecule has 4 heteroatoms. The molecule has 0 aliphatic heterocycles. The minimum absolute atomic E-state index is 0.0555. The van der Waals surface area contributed by atoms with Crippen LogP contribution in [0.5, 0.6) is 0 Å². The number of rotatable bonds is 5. The molecule has 4 nitrogen and oxygen atoms in total. The van der Waals surface area contributed by atoms with Gasteiger partial charge in [0.15, 0.2) is 0 Å². The highest BCUT2D eigenvalue weighted by Gasteiger charge is 2.18. The predicted octanol–water partition coefficient (Wildman–Crippen LogP) is -0.304. The average Bonchev–Trinajstić information content (AvgIpc) is 1.85. The molecular weight excluding hydrogens is 158 g/mol. The number of aliphatic hydroxyl groups is 1. The first-order valence-electron chi connectivity index (χ1n) is 3.73. The Bertz CT molecular complexity index is 187. The van der Waals surface area contributed by atoms with Crippen molar-refractivity contribution in [3.05, 3.63) is 12.2 Å². The SMILES string of the molecule is C=C(C[N+](C)(C)CCO)C(=O)O. The number of aliphatic hydroxyl groups excluding tert-OH is 1. The molecule has 2 N–H and O–H groups in total. The fraction of sp³-hybridized carbons (Fsp3) is 0.625. The van der Waals surface area contributed by atoms with Gasteiger partial charge in [-0.15, -0.1) is 0 Å². The number of carboxylic acids is 1. The fourth-order valence-electron chi connectivity index (χ4n) is 0.934. The maximum absolute atomic E-state index is 10.4. The Morgan fingerprint density at radius 1 is 1.50 bits per heavy atom. The van der Waals surface area contributed by atoms with Gasteiger partial charge in [0, 0.05) is 0 Å². The van der Waals surface area contributed by atoms with E-state index in [1.165, 1.54) is 0 Å². The Morgan fingerprint density at radius 2 is 2.00 bits per heavy atom. The first kappa shape index (κ1) is 11.1. The van der Waals surface area contributed by atoms with Crippen molar-refractivity contribution in [3.63, 3.8) is 0 Å². The molecule has 0 atom stereocenters. The van der Waals surface area contributed by atoms with E-state index in [0.717, 1.165) is 0 Å². The Balaban J connectivity index is 4.05. The van der Waals surface area contributed by atoms with E-state index < -0.39 is 5.97 Å². The van der Waals surface area contributed by atoms with Gasteiger partial charge in [0.2, 0.25) is 0 Å². The summed E-state index contributed by atoms with van der Waals surface area (Å²) in [6, 6.07) is 0. The molecule has 0 aromatic heterocycles. The number of carbonyl (C=O) groups is 1. The maximum Gasteiger partial charge on any atom is 0.336 e. The Kier molecular flexibility index (Phi) is 3.92. The zero-order valence-electron chi connectivity index (χ0n) is 7.58. The summed E-state index contributed by atoms with van der Waals surface area (Å²) in [7, 11) is 3.70. The summed E-state index contributed by atoms with van der Waals surface area (Å²) in [6.45, 7) is 4.37. The van der Waals surface area contributed by atoms with Crippen LogP contribution in [-0.4, -0.2) is 54.5 Å². The predicted molar refractivity (Wildman–Crippen MR) is 45.7 cm³/mol. The number of quaternary nitrogens is 1. The van der Waals surface area contributed by atoms with E-state index in [0.29, 0.717) is 17.6 Å². The highest BCUT2D eigenvalue weighted by Crippen LogP contribution is 2.02. The van der Waals surface area contributed by atoms with Crippen molar-refractivity contribution in [2.75, 3.05) is 33.8 Å². The lowest BCUT2D eigenvalue weighted by atomic mass is 10.2. The van der Waals surface area contributed by atoms with Gasteiger partial charge in [-0.2, -0.15) is 0 Å². The zero-order valence-corrected chi connectivity index (χ0v) is 7.58. The second-order valence-electron chi connectivity index (χ2n) is 3.45. The topological polar surface area (TPSA) is 57.5 Å². The van der Waals surface area contributed by atoms with Crippen LogP contribution in [0.4, 0.5) is 0 Å². The van der Waals surface area contributed by atoms with E-state index in [-0.39, 0.29) is 12.2 Å². The number of hydrogen-bond acceptors (Lipinski definition) is 2. The van der Waals surface area contributed by atoms with E-state index in [1.807, 2.05) is 14.1 Å². The molecule has 0 bridgehead atoms. The van der Waals surface area contributed by atoms with Crippen LogP contribution < -0.4 is 0 Å². The molecule has 0 saturated heterocycles. The van der Waals surface area contributed by atoms with Gasteiger partial charge in [-0.1, -0.05) is 6.58 Å². The van der Waals surface area contributed by atoms with Crippen LogP contribution in [-0.2, 0) is 4.79 Å². The molecule has 0 saturated carbocycles. The average molecular weight is 174 g/mol. The minimum atomic E-state index is -0.973. The second kappa shape index (κ2) is 4.23. The monoisotopic (exact) mass is 174 g/mol. The van der Waals surface area contributed by atoms with Gasteiger partial charge >= 0.3 is 5.97 Å². The van der Waals surface area contributed by atoms with Crippen LogP contribution >= 0.6 is 0 Å². The lowest BCUT2D eigenvalue weighted by molar-refractivity contribution is -0.885. The molecule has 0 fully saturated rings. The summed E-state index contributed by atoms with van der Waals surface area (Å²) in [5.74, 6) is -0.973. The first-order chi connectivity index (χ1) is 5.39. The second-order valence-corrected chi connectivity index (χ2v) is 3.45. The standard InChI is InChI=1S/C8H15NO3/c1-7(8(11)12)6-9(2,3)4-5-10/h10H,1,4-6H2,2-3H3/p+1. The van der Waals surface area contributed by atoms with E-state index >= 15 is 0 Å². The number of likely N-dealkylation sites (N-methyl/N-ethyl adjacent to an activating group) is 1. The fourth-order valence-corrected chi connectivity index (χ4v) is 0.934. The molecular formula is C8H16NO3+. The van der Waals surface area contributed by atoms with Crippen molar-refractivity contribution < 1.29 is 19.5 Å². The van der Waals surface area contributed by atoms with Gasteiger partial charge in [0.1, 0.15) is 13.1 Å². The summed E-state index contributed by atoms with van der Waals surface area (Å²) in [6.07, 6.45) is 0. The normalized spacial score (nSPS) is 11.2. The van der Waals surface area contributed by atoms with Crippen LogP contribution in [0.25, 0.3) is 0 Å². The van der Waals surface area contributed by atoms with Gasteiger partial charge < -0.3 is 14.7 Å². The molecule has 0 unspecified atom stereocenters. The van der Waals surface area contributed by atoms with Crippen LogP contribution in [0.1, 0.15) is 0 Å². The maximum atomic E-state index is 10.4. The van der Waals surface area contributed by atoms with E-state index in [2.05, 4.69) is 6.58 Å². The van der Waals surface area contributed by atoms with Crippen molar-refractivity contribution >= 4 is 5.97 Å². The molecule has 0 rings (SSSR count). The molecule has 0 aliphatic rings. The molecule has 0 radical (unpaired) electrons. The smallest absolute Gasteiger partial charge is 0.336 e. The number of nitrogens with zero attached hydrogens (tertiary/aromatic N) is 1. The highest BCUT2D eigenvalue weighted by molar-refractivity contribution is 5.85. The third-order valence-corrected chi connectivity index (χ3v) is 1.63. The zero-order chi connectivity index (χ0) is 9.78. The number of carboxylic acid groups (broad SMARTS) is 1. The summed E-state index contributed by atoms with van der Waals surface area (Å²) in [5.41, 5.74) is 0.174. The minimum Gasteiger partial charge on any atom is -0.478 e.